The van der Waals surface area contributed by atoms with Crippen molar-refractivity contribution >= 4 is 11.9 Å². The number of ether oxygens (including phenoxy) is 1. The molecule has 0 aliphatic heterocycles. The third kappa shape index (κ3) is 3.79. The van der Waals surface area contributed by atoms with Gasteiger partial charge in [-0.15, -0.1) is 0 Å². The van der Waals surface area contributed by atoms with E-state index >= 15 is 0 Å². The van der Waals surface area contributed by atoms with Crippen LogP contribution in [0.15, 0.2) is 54.6 Å². The van der Waals surface area contributed by atoms with Gasteiger partial charge in [0.25, 0.3) is 0 Å². The first-order chi connectivity index (χ1) is 12.0. The summed E-state index contributed by atoms with van der Waals surface area (Å²) in [6, 6.07) is 14.5. The number of hydrogen-bond acceptors (Lipinski definition) is 3. The van der Waals surface area contributed by atoms with Crippen molar-refractivity contribution in [3.8, 4) is 5.75 Å². The van der Waals surface area contributed by atoms with Crippen LogP contribution in [0.4, 0.5) is 4.39 Å². The highest BCUT2D eigenvalue weighted by molar-refractivity contribution is 5.91. The third-order valence-electron chi connectivity index (χ3n) is 4.33. The fourth-order valence-corrected chi connectivity index (χ4v) is 2.74. The number of benzene rings is 2. The lowest BCUT2D eigenvalue weighted by Gasteiger charge is -2.19. The maximum Gasteiger partial charge on any atom is 0.346 e. The molecule has 1 atom stereocenters. The molecule has 1 saturated carbocycles. The van der Waals surface area contributed by atoms with E-state index in [0.717, 1.165) is 18.4 Å². The van der Waals surface area contributed by atoms with Crippen LogP contribution in [0.1, 0.15) is 18.4 Å². The molecule has 0 bridgehead atoms. The Morgan fingerprint density at radius 3 is 2.32 bits per heavy atom. The minimum atomic E-state index is -1.25. The smallest absolute Gasteiger partial charge is 0.346 e. The maximum absolute atomic E-state index is 12.9. The Kier molecular flexibility index (Phi) is 4.70. The largest absolute Gasteiger partial charge is 0.478 e. The van der Waals surface area contributed by atoms with Gasteiger partial charge in [-0.1, -0.05) is 30.3 Å². The van der Waals surface area contributed by atoms with Crippen LogP contribution >= 0.6 is 0 Å². The first kappa shape index (κ1) is 17.0. The minimum Gasteiger partial charge on any atom is -0.478 e. The quantitative estimate of drug-likeness (QED) is 0.810. The van der Waals surface area contributed by atoms with Gasteiger partial charge in [0, 0.05) is 0 Å². The first-order valence-corrected chi connectivity index (χ1v) is 8.00. The van der Waals surface area contributed by atoms with Gasteiger partial charge >= 0.3 is 5.97 Å². The van der Waals surface area contributed by atoms with Crippen molar-refractivity contribution in [1.82, 2.24) is 5.32 Å². The molecule has 2 aromatic carbocycles. The van der Waals surface area contributed by atoms with Crippen LogP contribution in [0.2, 0.25) is 0 Å². The molecule has 0 radical (unpaired) electrons. The summed E-state index contributed by atoms with van der Waals surface area (Å²) in [5, 5.41) is 12.0. The molecule has 1 fully saturated rings. The number of carbonyl (C=O) groups is 2. The zero-order valence-corrected chi connectivity index (χ0v) is 13.4. The molecule has 0 heterocycles. The summed E-state index contributed by atoms with van der Waals surface area (Å²) in [4.78, 5) is 23.9. The molecule has 2 aromatic rings. The number of aliphatic carboxylic acids is 1. The second-order valence-electron chi connectivity index (χ2n) is 6.06. The Hall–Kier alpha value is -2.89. The highest BCUT2D eigenvalue weighted by Gasteiger charge is 2.51. The van der Waals surface area contributed by atoms with E-state index in [1.54, 1.807) is 0 Å². The highest BCUT2D eigenvalue weighted by atomic mass is 19.1. The molecular formula is C19H18FNO4. The van der Waals surface area contributed by atoms with E-state index < -0.39 is 23.3 Å². The summed E-state index contributed by atoms with van der Waals surface area (Å²) in [5.41, 5.74) is 0.360. The van der Waals surface area contributed by atoms with Gasteiger partial charge in [-0.3, -0.25) is 4.79 Å². The van der Waals surface area contributed by atoms with Crippen molar-refractivity contribution in [1.29, 1.82) is 0 Å². The van der Waals surface area contributed by atoms with Crippen molar-refractivity contribution in [3.63, 3.8) is 0 Å². The average Bonchev–Trinajstić information content (AvgIpc) is 3.42. The zero-order chi connectivity index (χ0) is 17.9. The van der Waals surface area contributed by atoms with Crippen LogP contribution in [0.3, 0.4) is 0 Å². The topological polar surface area (TPSA) is 75.6 Å². The predicted octanol–water partition coefficient (Wildman–Crippen LogP) is 2.51. The Morgan fingerprint density at radius 1 is 1.12 bits per heavy atom. The van der Waals surface area contributed by atoms with Crippen molar-refractivity contribution in [3.05, 3.63) is 66.0 Å². The molecule has 1 amide bonds. The number of hydrogen-bond donors (Lipinski definition) is 2. The zero-order valence-electron chi connectivity index (χ0n) is 13.4. The summed E-state index contributed by atoms with van der Waals surface area (Å²) in [6.07, 6.45) is 0.222. The van der Waals surface area contributed by atoms with Crippen LogP contribution in [0.25, 0.3) is 0 Å². The van der Waals surface area contributed by atoms with Gasteiger partial charge in [-0.05, 0) is 42.7 Å². The molecule has 0 saturated heterocycles. The van der Waals surface area contributed by atoms with E-state index in [1.165, 1.54) is 24.3 Å². The van der Waals surface area contributed by atoms with Gasteiger partial charge in [0.05, 0.1) is 12.0 Å². The third-order valence-corrected chi connectivity index (χ3v) is 4.33. The van der Waals surface area contributed by atoms with Crippen molar-refractivity contribution < 1.29 is 23.8 Å². The molecule has 25 heavy (non-hydrogen) atoms. The Balaban J connectivity index is 1.63. The Bertz CT molecular complexity index is 757. The minimum absolute atomic E-state index is 0.167. The van der Waals surface area contributed by atoms with Gasteiger partial charge in [0.15, 0.2) is 0 Å². The second-order valence-corrected chi connectivity index (χ2v) is 6.06. The van der Waals surface area contributed by atoms with E-state index in [9.17, 15) is 19.1 Å². The van der Waals surface area contributed by atoms with Gasteiger partial charge in [-0.2, -0.15) is 0 Å². The number of carboxylic acid groups (broad SMARTS) is 1. The van der Waals surface area contributed by atoms with E-state index in [1.807, 2.05) is 30.3 Å². The number of halogens is 1. The number of amides is 1. The number of carbonyl (C=O) groups excluding carboxylic acids is 1. The first-order valence-electron chi connectivity index (χ1n) is 8.00. The monoisotopic (exact) mass is 343 g/mol. The molecule has 0 aromatic heterocycles. The van der Waals surface area contributed by atoms with Crippen LogP contribution < -0.4 is 10.1 Å². The van der Waals surface area contributed by atoms with Gasteiger partial charge in [-0.25, -0.2) is 9.18 Å². The number of nitrogens with one attached hydrogen (secondary N) is 1. The summed E-state index contributed by atoms with van der Waals surface area (Å²) >= 11 is 0. The maximum atomic E-state index is 12.9. The summed E-state index contributed by atoms with van der Waals surface area (Å²) in [7, 11) is 0. The van der Waals surface area contributed by atoms with Gasteiger partial charge in [0.1, 0.15) is 11.6 Å². The Morgan fingerprint density at radius 2 is 1.76 bits per heavy atom. The second kappa shape index (κ2) is 6.93. The molecule has 1 aliphatic carbocycles. The van der Waals surface area contributed by atoms with Crippen molar-refractivity contribution in [2.45, 2.75) is 24.4 Å². The fraction of sp³-hybridized carbons (Fsp3) is 0.263. The highest BCUT2D eigenvalue weighted by Crippen LogP contribution is 2.48. The molecule has 2 N–H and O–H groups in total. The van der Waals surface area contributed by atoms with E-state index in [0.29, 0.717) is 0 Å². The molecule has 6 heteroatoms. The lowest BCUT2D eigenvalue weighted by molar-refractivity contribution is -0.145. The van der Waals surface area contributed by atoms with E-state index in [2.05, 4.69) is 5.32 Å². The van der Waals surface area contributed by atoms with Crippen molar-refractivity contribution in [2.75, 3.05) is 6.54 Å². The molecule has 1 unspecified atom stereocenters. The van der Waals surface area contributed by atoms with E-state index in [4.69, 9.17) is 4.74 Å². The molecule has 3 rings (SSSR count). The van der Waals surface area contributed by atoms with E-state index in [-0.39, 0.29) is 18.2 Å². The SMILES string of the molecule is O=C(O)C(CNC(=O)C1(c2ccccc2)CC1)Oc1ccc(F)cc1. The van der Waals surface area contributed by atoms with Crippen LogP contribution in [-0.2, 0) is 15.0 Å². The number of rotatable bonds is 7. The average molecular weight is 343 g/mol. The molecular weight excluding hydrogens is 325 g/mol. The normalized spacial score (nSPS) is 15.9. The van der Waals surface area contributed by atoms with Gasteiger partial charge < -0.3 is 15.2 Å². The Labute approximate surface area is 144 Å². The number of carboxylic acids is 1. The lowest BCUT2D eigenvalue weighted by atomic mass is 9.95. The predicted molar refractivity (Wildman–Crippen MR) is 88.8 cm³/mol. The molecule has 5 nitrogen and oxygen atoms in total. The van der Waals surface area contributed by atoms with Gasteiger partial charge in [0.2, 0.25) is 12.0 Å². The van der Waals surface area contributed by atoms with Crippen LogP contribution in [0.5, 0.6) is 5.75 Å². The van der Waals surface area contributed by atoms with Crippen LogP contribution in [-0.4, -0.2) is 29.6 Å². The van der Waals surface area contributed by atoms with Crippen LogP contribution in [0, 0.1) is 5.82 Å². The summed E-state index contributed by atoms with van der Waals surface area (Å²) in [5.74, 6) is -1.61. The standard InChI is InChI=1S/C19H18FNO4/c20-14-6-8-15(9-7-14)25-16(17(22)23)12-21-18(24)19(10-11-19)13-4-2-1-3-5-13/h1-9,16H,10-12H2,(H,21,24)(H,22,23). The summed E-state index contributed by atoms with van der Waals surface area (Å²) < 4.78 is 18.2. The fourth-order valence-electron chi connectivity index (χ4n) is 2.74. The summed E-state index contributed by atoms with van der Waals surface area (Å²) in [6.45, 7) is -0.167. The molecule has 0 spiro atoms. The lowest BCUT2D eigenvalue weighted by Crippen LogP contribution is -2.44. The molecule has 1 aliphatic rings. The molecule has 130 valence electrons. The van der Waals surface area contributed by atoms with Crippen molar-refractivity contribution in [2.24, 2.45) is 0 Å².